The number of carbonyl (C=O) groups excluding carboxylic acids is 1. The molecule has 0 saturated carbocycles. The van der Waals surface area contributed by atoms with Crippen molar-refractivity contribution in [1.29, 1.82) is 0 Å². The normalized spacial score (nSPS) is 12.8. The van der Waals surface area contributed by atoms with E-state index in [4.69, 9.17) is 4.55 Å². The maximum Gasteiger partial charge on any atom is 0.271 e. The molecule has 4 heteroatoms. The fourth-order valence-electron chi connectivity index (χ4n) is 0.149. The zero-order valence-electron chi connectivity index (χ0n) is 4.38. The van der Waals surface area contributed by atoms with E-state index in [0.717, 1.165) is 0 Å². The summed E-state index contributed by atoms with van der Waals surface area (Å²) in [4.78, 5) is 10.2. The lowest BCUT2D eigenvalue weighted by molar-refractivity contribution is -0.108. The van der Waals surface area contributed by atoms with Crippen LogP contribution in [0.5, 0.6) is 0 Å². The Morgan fingerprint density at radius 2 is 2.12 bits per heavy atom. The summed E-state index contributed by atoms with van der Waals surface area (Å²) in [5.41, 5.74) is 0.103. The first-order valence-corrected chi connectivity index (χ1v) is 2.97. The van der Waals surface area contributed by atoms with Crippen LogP contribution in [0.25, 0.3) is 0 Å². The smallest absolute Gasteiger partial charge is 0.271 e. The molecule has 1 N–H and O–H groups in total. The largest absolute Gasteiger partial charge is 0.300 e. The van der Waals surface area contributed by atoms with Crippen molar-refractivity contribution in [1.82, 2.24) is 0 Å². The number of rotatable bonds is 1. The van der Waals surface area contributed by atoms with E-state index in [-0.39, 0.29) is 5.57 Å². The van der Waals surface area contributed by atoms with Crippen molar-refractivity contribution in [3.8, 4) is 0 Å². The molecule has 0 aromatic carbocycles. The van der Waals surface area contributed by atoms with Gasteiger partial charge in [0, 0.05) is 5.57 Å². The third kappa shape index (κ3) is 1.99. The molecule has 0 heterocycles. The van der Waals surface area contributed by atoms with Gasteiger partial charge in [-0.2, -0.15) is 0 Å². The summed E-state index contributed by atoms with van der Waals surface area (Å²) in [5.74, 6) is 0. The maximum atomic E-state index is 10.2. The highest BCUT2D eigenvalue weighted by Gasteiger charge is 2.07. The van der Waals surface area contributed by atoms with Gasteiger partial charge in [0.25, 0.3) is 5.12 Å². The molecule has 0 saturated heterocycles. The van der Waals surface area contributed by atoms with E-state index >= 15 is 0 Å². The molecule has 0 rings (SSSR count). The van der Waals surface area contributed by atoms with Crippen LogP contribution in [0.4, 0.5) is 0 Å². The van der Waals surface area contributed by atoms with Crippen LogP contribution in [-0.4, -0.2) is 13.9 Å². The number of hydrogen-bond donors (Lipinski definition) is 1. The molecule has 8 heavy (non-hydrogen) atoms. The molecule has 0 aliphatic heterocycles. The van der Waals surface area contributed by atoms with E-state index in [0.29, 0.717) is 0 Å². The van der Waals surface area contributed by atoms with Crippen LogP contribution < -0.4 is 0 Å². The van der Waals surface area contributed by atoms with Gasteiger partial charge in [-0.1, -0.05) is 6.58 Å². The van der Waals surface area contributed by atoms with Crippen molar-refractivity contribution in [3.63, 3.8) is 0 Å². The van der Waals surface area contributed by atoms with Crippen molar-refractivity contribution in [2.45, 2.75) is 6.92 Å². The van der Waals surface area contributed by atoms with Gasteiger partial charge in [-0.05, 0) is 6.92 Å². The van der Waals surface area contributed by atoms with Gasteiger partial charge in [0.05, 0.1) is 0 Å². The minimum atomic E-state index is -2.38. The predicted molar refractivity (Wildman–Crippen MR) is 30.6 cm³/mol. The molecule has 46 valence electrons. The standard InChI is InChI=1S/C4H6O3S/c1-3(2)4(5)8(6)7/h1H2,2H3,(H,6,7). The van der Waals surface area contributed by atoms with Gasteiger partial charge in [-0.15, -0.1) is 0 Å². The average molecular weight is 134 g/mol. The molecule has 0 bridgehead atoms. The highest BCUT2D eigenvalue weighted by atomic mass is 32.2. The van der Waals surface area contributed by atoms with E-state index in [2.05, 4.69) is 6.58 Å². The zero-order chi connectivity index (χ0) is 6.73. The van der Waals surface area contributed by atoms with E-state index in [1.54, 1.807) is 0 Å². The van der Waals surface area contributed by atoms with Crippen LogP contribution in [0.15, 0.2) is 12.2 Å². The monoisotopic (exact) mass is 134 g/mol. The third-order valence-corrected chi connectivity index (χ3v) is 1.17. The average Bonchev–Trinajstić information content (AvgIpc) is 1.64. The molecule has 0 radical (unpaired) electrons. The van der Waals surface area contributed by atoms with Gasteiger partial charge in [-0.25, -0.2) is 4.21 Å². The summed E-state index contributed by atoms with van der Waals surface area (Å²) in [6.45, 7) is 4.56. The molecule has 1 atom stereocenters. The van der Waals surface area contributed by atoms with E-state index < -0.39 is 16.2 Å². The first kappa shape index (κ1) is 7.52. The molecule has 0 fully saturated rings. The van der Waals surface area contributed by atoms with Gasteiger partial charge >= 0.3 is 0 Å². The Kier molecular flexibility index (Phi) is 2.57. The first-order valence-electron chi connectivity index (χ1n) is 1.86. The van der Waals surface area contributed by atoms with E-state index in [1.165, 1.54) is 6.92 Å². The van der Waals surface area contributed by atoms with Crippen molar-refractivity contribution in [2.75, 3.05) is 0 Å². The van der Waals surface area contributed by atoms with Gasteiger partial charge < -0.3 is 0 Å². The fourth-order valence-corrected chi connectivity index (χ4v) is 0.447. The minimum Gasteiger partial charge on any atom is -0.300 e. The van der Waals surface area contributed by atoms with Crippen LogP contribution >= 0.6 is 0 Å². The highest BCUT2D eigenvalue weighted by Crippen LogP contribution is 1.91. The van der Waals surface area contributed by atoms with Gasteiger partial charge in [0.1, 0.15) is 0 Å². The lowest BCUT2D eigenvalue weighted by Gasteiger charge is -1.87. The summed E-state index contributed by atoms with van der Waals surface area (Å²) in [6, 6.07) is 0. The Labute approximate surface area is 49.7 Å². The second kappa shape index (κ2) is 2.74. The maximum absolute atomic E-state index is 10.2. The second-order valence-electron chi connectivity index (χ2n) is 1.32. The second-order valence-corrected chi connectivity index (χ2v) is 2.19. The molecule has 0 spiro atoms. The molecule has 1 unspecified atom stereocenters. The fraction of sp³-hybridized carbons (Fsp3) is 0.250. The SMILES string of the molecule is C=C(C)C(=O)S(=O)O. The quantitative estimate of drug-likeness (QED) is 0.415. The van der Waals surface area contributed by atoms with Crippen molar-refractivity contribution in [2.24, 2.45) is 0 Å². The van der Waals surface area contributed by atoms with E-state index in [1.807, 2.05) is 0 Å². The van der Waals surface area contributed by atoms with Crippen LogP contribution in [-0.2, 0) is 15.9 Å². The van der Waals surface area contributed by atoms with E-state index in [9.17, 15) is 9.00 Å². The van der Waals surface area contributed by atoms with Crippen molar-refractivity contribution < 1.29 is 13.6 Å². The lowest BCUT2D eigenvalue weighted by atomic mass is 10.4. The molecular weight excluding hydrogens is 128 g/mol. The molecule has 0 aromatic heterocycles. The van der Waals surface area contributed by atoms with Gasteiger partial charge in [0.2, 0.25) is 11.1 Å². The summed E-state index contributed by atoms with van der Waals surface area (Å²) in [5, 5.41) is -0.815. The lowest BCUT2D eigenvalue weighted by Crippen LogP contribution is -2.05. The van der Waals surface area contributed by atoms with Gasteiger partial charge in [-0.3, -0.25) is 9.35 Å². The molecular formula is C4H6O3S. The third-order valence-electron chi connectivity index (χ3n) is 0.507. The first-order chi connectivity index (χ1) is 3.55. The summed E-state index contributed by atoms with van der Waals surface area (Å²) in [6.07, 6.45) is 0. The molecule has 0 amide bonds. The molecule has 0 aromatic rings. The highest BCUT2D eigenvalue weighted by molar-refractivity contribution is 7.95. The van der Waals surface area contributed by atoms with Gasteiger partial charge in [0.15, 0.2) is 0 Å². The van der Waals surface area contributed by atoms with Crippen molar-refractivity contribution >= 4 is 16.2 Å². The summed E-state index contributed by atoms with van der Waals surface area (Å²) < 4.78 is 17.9. The van der Waals surface area contributed by atoms with Crippen LogP contribution in [0.3, 0.4) is 0 Å². The predicted octanol–water partition coefficient (Wildman–Crippen LogP) is 0.311. The van der Waals surface area contributed by atoms with Crippen LogP contribution in [0.1, 0.15) is 6.92 Å². The zero-order valence-corrected chi connectivity index (χ0v) is 5.20. The molecule has 0 aliphatic rings. The molecule has 0 aliphatic carbocycles. The Bertz CT molecular complexity index is 133. The minimum absolute atomic E-state index is 0.103. The van der Waals surface area contributed by atoms with Crippen LogP contribution in [0, 0.1) is 0 Å². The summed E-state index contributed by atoms with van der Waals surface area (Å²) in [7, 11) is 0. The number of hydrogen-bond acceptors (Lipinski definition) is 2. The molecule has 3 nitrogen and oxygen atoms in total. The Hall–Kier alpha value is -0.480. The Morgan fingerprint density at radius 1 is 1.75 bits per heavy atom. The Morgan fingerprint density at radius 3 is 2.12 bits per heavy atom. The summed E-state index contributed by atoms with van der Waals surface area (Å²) >= 11 is -2.38. The van der Waals surface area contributed by atoms with Crippen molar-refractivity contribution in [3.05, 3.63) is 12.2 Å². The topological polar surface area (TPSA) is 54.4 Å². The number of carbonyl (C=O) groups is 1. The Balaban J connectivity index is 4.05. The van der Waals surface area contributed by atoms with Crippen LogP contribution in [0.2, 0.25) is 0 Å².